The number of rotatable bonds is 9. The van der Waals surface area contributed by atoms with Crippen LogP contribution in [-0.2, 0) is 23.8 Å². The lowest BCUT2D eigenvalue weighted by Gasteiger charge is -2.37. The minimum absolute atomic E-state index is 0.0163. The molecule has 0 bridgehead atoms. The van der Waals surface area contributed by atoms with Gasteiger partial charge in [0.25, 0.3) is 0 Å². The Morgan fingerprint density at radius 3 is 1.96 bits per heavy atom. The van der Waals surface area contributed by atoms with Crippen LogP contribution in [0.5, 0.6) is 0 Å². The van der Waals surface area contributed by atoms with Crippen molar-refractivity contribution in [1.82, 2.24) is 5.32 Å². The number of alkyl carbamates (subject to hydrolysis) is 1. The number of esters is 2. The zero-order valence-corrected chi connectivity index (χ0v) is 17.6. The van der Waals surface area contributed by atoms with Gasteiger partial charge in [0.15, 0.2) is 0 Å². The van der Waals surface area contributed by atoms with Crippen molar-refractivity contribution < 1.29 is 28.6 Å². The summed E-state index contributed by atoms with van der Waals surface area (Å²) in [4.78, 5) is 35.2. The Kier molecular flexibility index (Phi) is 9.83. The number of hydrogen-bond acceptors (Lipinski definition) is 6. The Morgan fingerprint density at radius 1 is 0.926 bits per heavy atom. The summed E-state index contributed by atoms with van der Waals surface area (Å²) in [6.45, 7) is 16.6. The van der Waals surface area contributed by atoms with Gasteiger partial charge >= 0.3 is 18.0 Å². The number of carbonyl (C=O) groups is 3. The maximum absolute atomic E-state index is 12.5. The van der Waals surface area contributed by atoms with Crippen LogP contribution in [0, 0.1) is 10.8 Å². The molecule has 0 rings (SSSR count). The van der Waals surface area contributed by atoms with Gasteiger partial charge in [-0.15, -0.1) is 0 Å². The summed E-state index contributed by atoms with van der Waals surface area (Å²) in [6.07, 6.45) is 1.22. The van der Waals surface area contributed by atoms with Gasteiger partial charge in [-0.1, -0.05) is 39.0 Å². The molecule has 0 aromatic rings. The Morgan fingerprint density at radius 2 is 1.48 bits per heavy atom. The third-order valence-electron chi connectivity index (χ3n) is 4.06. The van der Waals surface area contributed by atoms with E-state index in [1.54, 1.807) is 0 Å². The average Bonchev–Trinajstić information content (AvgIpc) is 2.53. The Balaban J connectivity index is 4.27. The van der Waals surface area contributed by atoms with E-state index in [-0.39, 0.29) is 43.3 Å². The molecule has 0 saturated carbocycles. The van der Waals surface area contributed by atoms with Crippen LogP contribution in [-0.4, -0.2) is 44.4 Å². The van der Waals surface area contributed by atoms with Gasteiger partial charge in [-0.25, -0.2) is 9.59 Å². The van der Waals surface area contributed by atoms with Gasteiger partial charge in [0.05, 0.1) is 12.0 Å². The molecule has 7 nitrogen and oxygen atoms in total. The molecule has 1 N–H and O–H groups in total. The van der Waals surface area contributed by atoms with Crippen molar-refractivity contribution >= 4 is 18.0 Å². The highest BCUT2D eigenvalue weighted by Crippen LogP contribution is 2.41. The smallest absolute Gasteiger partial charge is 0.407 e. The van der Waals surface area contributed by atoms with Crippen LogP contribution in [0.25, 0.3) is 0 Å². The molecule has 1 unspecified atom stereocenters. The van der Waals surface area contributed by atoms with Crippen LogP contribution in [0.4, 0.5) is 4.79 Å². The van der Waals surface area contributed by atoms with E-state index in [0.29, 0.717) is 0 Å². The Hall–Kier alpha value is -2.31. The number of allylic oxidation sites excluding steroid dienone is 1. The van der Waals surface area contributed by atoms with Crippen LogP contribution in [0.15, 0.2) is 23.8 Å². The molecule has 0 aromatic carbocycles. The third-order valence-corrected chi connectivity index (χ3v) is 4.06. The average molecular weight is 383 g/mol. The molecule has 0 heterocycles. The first kappa shape index (κ1) is 24.7. The second-order valence-electron chi connectivity index (χ2n) is 7.79. The Labute approximate surface area is 162 Å². The zero-order valence-electron chi connectivity index (χ0n) is 17.6. The van der Waals surface area contributed by atoms with Crippen LogP contribution < -0.4 is 5.32 Å². The van der Waals surface area contributed by atoms with Crippen molar-refractivity contribution in [2.45, 2.75) is 48.5 Å². The topological polar surface area (TPSA) is 90.9 Å². The van der Waals surface area contributed by atoms with Crippen LogP contribution in [0.3, 0.4) is 0 Å². The molecule has 1 atom stereocenters. The number of hydrogen-bond donors (Lipinski definition) is 1. The van der Waals surface area contributed by atoms with E-state index in [4.69, 9.17) is 14.2 Å². The lowest BCUT2D eigenvalue weighted by Crippen LogP contribution is -2.40. The van der Waals surface area contributed by atoms with Crippen LogP contribution >= 0.6 is 0 Å². The maximum Gasteiger partial charge on any atom is 0.407 e. The monoisotopic (exact) mass is 383 g/mol. The number of nitrogens with one attached hydrogen (secondary N) is 1. The first-order chi connectivity index (χ1) is 12.3. The van der Waals surface area contributed by atoms with Crippen molar-refractivity contribution in [2.24, 2.45) is 10.8 Å². The first-order valence-electron chi connectivity index (χ1n) is 8.88. The highest BCUT2D eigenvalue weighted by Gasteiger charge is 2.43. The van der Waals surface area contributed by atoms with Crippen LogP contribution in [0.1, 0.15) is 48.5 Å². The SMILES string of the molecule is C=C(C)C(=O)OCCNC(=O)OCCOC(=O)C(C)(C=C(C)C)C(C)(C)C. The molecule has 7 heteroatoms. The van der Waals surface area contributed by atoms with Crippen LogP contribution in [0.2, 0.25) is 0 Å². The van der Waals surface area contributed by atoms with Crippen molar-refractivity contribution in [1.29, 1.82) is 0 Å². The predicted octanol–water partition coefficient (Wildman–Crippen LogP) is 3.39. The molecule has 0 radical (unpaired) electrons. The largest absolute Gasteiger partial charge is 0.461 e. The maximum atomic E-state index is 12.5. The summed E-state index contributed by atoms with van der Waals surface area (Å²) < 4.78 is 15.1. The number of ether oxygens (including phenoxy) is 3. The fourth-order valence-corrected chi connectivity index (χ4v) is 2.05. The summed E-state index contributed by atoms with van der Waals surface area (Å²) in [5, 5.41) is 2.43. The molecule has 0 aromatic heterocycles. The van der Waals surface area contributed by atoms with Gasteiger partial charge in [-0.05, 0) is 33.1 Å². The molecule has 0 fully saturated rings. The normalized spacial score (nSPS) is 13.0. The van der Waals surface area contributed by atoms with E-state index in [1.165, 1.54) is 6.92 Å². The quantitative estimate of drug-likeness (QED) is 0.216. The summed E-state index contributed by atoms with van der Waals surface area (Å²) in [5.41, 5.74) is 0.185. The fourth-order valence-electron chi connectivity index (χ4n) is 2.05. The van der Waals surface area contributed by atoms with Gasteiger partial charge in [-0.3, -0.25) is 4.79 Å². The minimum Gasteiger partial charge on any atom is -0.461 e. The van der Waals surface area contributed by atoms with Crippen molar-refractivity contribution in [3.8, 4) is 0 Å². The second kappa shape index (κ2) is 10.7. The fraction of sp³-hybridized carbons (Fsp3) is 0.650. The predicted molar refractivity (Wildman–Crippen MR) is 103 cm³/mol. The standard InChI is InChI=1S/C20H33NO6/c1-14(2)13-20(8,19(5,6)7)17(23)26-11-12-27-18(24)21-9-10-25-16(22)15(3)4/h13H,3,9-12H2,1-2,4-8H3,(H,21,24). The van der Waals surface area contributed by atoms with Crippen molar-refractivity contribution in [2.75, 3.05) is 26.4 Å². The van der Waals surface area contributed by atoms with Gasteiger partial charge in [0, 0.05) is 5.57 Å². The zero-order chi connectivity index (χ0) is 21.3. The molecule has 1 amide bonds. The summed E-state index contributed by atoms with van der Waals surface area (Å²) in [5.74, 6) is -0.887. The van der Waals surface area contributed by atoms with E-state index in [9.17, 15) is 14.4 Å². The lowest BCUT2D eigenvalue weighted by atomic mass is 9.67. The van der Waals surface area contributed by atoms with Gasteiger partial charge in [-0.2, -0.15) is 0 Å². The first-order valence-corrected chi connectivity index (χ1v) is 8.88. The third kappa shape index (κ3) is 8.75. The van der Waals surface area contributed by atoms with Crippen molar-refractivity contribution in [3.05, 3.63) is 23.8 Å². The molecule has 154 valence electrons. The van der Waals surface area contributed by atoms with Gasteiger partial charge in [0.1, 0.15) is 19.8 Å². The molecule has 0 saturated heterocycles. The summed E-state index contributed by atoms with van der Waals surface area (Å²) in [6, 6.07) is 0. The van der Waals surface area contributed by atoms with E-state index in [0.717, 1.165) is 5.57 Å². The minimum atomic E-state index is -0.790. The van der Waals surface area contributed by atoms with E-state index in [1.807, 2.05) is 47.6 Å². The van der Waals surface area contributed by atoms with E-state index in [2.05, 4.69) is 11.9 Å². The lowest BCUT2D eigenvalue weighted by molar-refractivity contribution is -0.158. The van der Waals surface area contributed by atoms with E-state index >= 15 is 0 Å². The highest BCUT2D eigenvalue weighted by molar-refractivity contribution is 5.86. The molecular formula is C20H33NO6. The molecular weight excluding hydrogens is 350 g/mol. The second-order valence-corrected chi connectivity index (χ2v) is 7.79. The Bertz CT molecular complexity index is 584. The number of carbonyl (C=O) groups excluding carboxylic acids is 3. The molecule has 0 spiro atoms. The molecule has 0 aliphatic rings. The van der Waals surface area contributed by atoms with Gasteiger partial charge < -0.3 is 19.5 Å². The van der Waals surface area contributed by atoms with E-state index < -0.39 is 17.5 Å². The highest BCUT2D eigenvalue weighted by atomic mass is 16.6. The summed E-state index contributed by atoms with van der Waals surface area (Å²) >= 11 is 0. The van der Waals surface area contributed by atoms with Crippen molar-refractivity contribution in [3.63, 3.8) is 0 Å². The number of amides is 1. The summed E-state index contributed by atoms with van der Waals surface area (Å²) in [7, 11) is 0. The molecule has 0 aliphatic heterocycles. The molecule has 27 heavy (non-hydrogen) atoms. The molecule has 0 aliphatic carbocycles. The van der Waals surface area contributed by atoms with Gasteiger partial charge in [0.2, 0.25) is 0 Å².